The van der Waals surface area contributed by atoms with Crippen molar-refractivity contribution in [1.29, 1.82) is 0 Å². The maximum absolute atomic E-state index is 12.4. The Balaban J connectivity index is 4.61. The Labute approximate surface area is 149 Å². The van der Waals surface area contributed by atoms with E-state index in [1.165, 1.54) is 0 Å². The molecule has 0 bridgehead atoms. The second-order valence-electron chi connectivity index (χ2n) is 6.36. The fourth-order valence-corrected chi connectivity index (χ4v) is 5.09. The molecule has 0 rings (SSSR count). The largest absolute Gasteiger partial charge is 0.398 e. The van der Waals surface area contributed by atoms with Gasteiger partial charge in [0.2, 0.25) is 5.91 Å². The van der Waals surface area contributed by atoms with Gasteiger partial charge in [-0.05, 0) is 44.9 Å². The van der Waals surface area contributed by atoms with Gasteiger partial charge in [-0.2, -0.15) is 0 Å². The van der Waals surface area contributed by atoms with E-state index in [0.717, 1.165) is 24.9 Å². The molecule has 142 valence electrons. The monoisotopic (exact) mass is 377 g/mol. The second kappa shape index (κ2) is 11.2. The van der Waals surface area contributed by atoms with Crippen molar-refractivity contribution >= 4 is 23.0 Å². The van der Waals surface area contributed by atoms with Gasteiger partial charge >= 0.3 is 17.1 Å². The third-order valence-electron chi connectivity index (χ3n) is 4.50. The van der Waals surface area contributed by atoms with Crippen LogP contribution in [0.2, 0.25) is 25.2 Å². The van der Waals surface area contributed by atoms with Gasteiger partial charge < -0.3 is 22.6 Å². The summed E-state index contributed by atoms with van der Waals surface area (Å²) in [6.45, 7) is 11.0. The van der Waals surface area contributed by atoms with Gasteiger partial charge in [-0.3, -0.25) is 4.79 Å². The maximum atomic E-state index is 12.4. The van der Waals surface area contributed by atoms with Crippen molar-refractivity contribution in [3.63, 3.8) is 0 Å². The first-order chi connectivity index (χ1) is 11.2. The molecule has 24 heavy (non-hydrogen) atoms. The molecule has 8 heteroatoms. The first kappa shape index (κ1) is 23.5. The van der Waals surface area contributed by atoms with Crippen LogP contribution in [0.1, 0.15) is 19.8 Å². The Bertz CT molecular complexity index is 374. The summed E-state index contributed by atoms with van der Waals surface area (Å²) < 4.78 is 22.0. The molecule has 0 heterocycles. The van der Waals surface area contributed by atoms with Gasteiger partial charge in [0, 0.05) is 47.1 Å². The Kier molecular flexibility index (Phi) is 10.9. The van der Waals surface area contributed by atoms with Crippen LogP contribution in [0.5, 0.6) is 0 Å². The van der Waals surface area contributed by atoms with E-state index in [1.807, 2.05) is 18.0 Å². The lowest BCUT2D eigenvalue weighted by molar-refractivity contribution is -0.127. The van der Waals surface area contributed by atoms with Gasteiger partial charge in [0.05, 0.1) is 0 Å². The van der Waals surface area contributed by atoms with Crippen molar-refractivity contribution < 1.29 is 22.5 Å². The third kappa shape index (κ3) is 8.04. The second-order valence-corrected chi connectivity index (χ2v) is 13.5. The highest BCUT2D eigenvalue weighted by Crippen LogP contribution is 2.17. The first-order valence-corrected chi connectivity index (χ1v) is 13.4. The zero-order valence-corrected chi connectivity index (χ0v) is 18.4. The van der Waals surface area contributed by atoms with Crippen molar-refractivity contribution in [3.05, 3.63) is 12.2 Å². The maximum Gasteiger partial charge on any atom is 0.334 e. The van der Waals surface area contributed by atoms with Crippen molar-refractivity contribution in [2.24, 2.45) is 0 Å². The Morgan fingerprint density at radius 2 is 1.21 bits per heavy atom. The van der Waals surface area contributed by atoms with E-state index < -0.39 is 17.1 Å². The first-order valence-electron chi connectivity index (χ1n) is 8.32. The molecular weight excluding hydrogens is 342 g/mol. The van der Waals surface area contributed by atoms with Crippen LogP contribution in [-0.2, 0) is 22.5 Å². The fourth-order valence-electron chi connectivity index (χ4n) is 2.34. The van der Waals surface area contributed by atoms with Gasteiger partial charge in [0.15, 0.2) is 0 Å². The smallest absolute Gasteiger partial charge is 0.334 e. The number of hydrogen-bond acceptors (Lipinski definition) is 5. The molecule has 0 N–H and O–H groups in total. The lowest BCUT2D eigenvalue weighted by Gasteiger charge is -2.28. The highest BCUT2D eigenvalue weighted by molar-refractivity contribution is 6.66. The summed E-state index contributed by atoms with van der Waals surface area (Å²) in [5.41, 5.74) is 0.562. The van der Waals surface area contributed by atoms with Gasteiger partial charge in [-0.15, -0.1) is 0 Å². The summed E-state index contributed by atoms with van der Waals surface area (Å²) in [5.74, 6) is 0.00593. The fraction of sp³-hybridized carbons (Fsp3) is 0.812. The van der Waals surface area contributed by atoms with Crippen LogP contribution in [0.25, 0.3) is 0 Å². The van der Waals surface area contributed by atoms with Crippen LogP contribution in [0.4, 0.5) is 0 Å². The highest BCUT2D eigenvalue weighted by atomic mass is 28.4. The van der Waals surface area contributed by atoms with E-state index >= 15 is 0 Å². The summed E-state index contributed by atoms with van der Waals surface area (Å²) in [6, 6.07) is 1.70. The Morgan fingerprint density at radius 3 is 1.46 bits per heavy atom. The lowest BCUT2D eigenvalue weighted by atomic mass is 10.2. The molecule has 6 nitrogen and oxygen atoms in total. The molecule has 0 fully saturated rings. The number of carbonyl (C=O) groups excluding carboxylic acids is 1. The molecule has 1 amide bonds. The van der Waals surface area contributed by atoms with Gasteiger partial charge in [0.1, 0.15) is 0 Å². The number of amides is 1. The molecule has 0 aromatic carbocycles. The average Bonchev–Trinajstić information content (AvgIpc) is 2.59. The Hall–Kier alpha value is -0.516. The molecule has 0 aliphatic rings. The van der Waals surface area contributed by atoms with Crippen LogP contribution < -0.4 is 0 Å². The third-order valence-corrected chi connectivity index (χ3v) is 10.5. The standard InChI is InChI=1S/C16H35NO5Si2/c1-15(2)16(18)17(11-9-13-23(7,19-3)20-4)12-10-14-24(8,21-5)22-6/h1,9-14H2,2-8H3. The van der Waals surface area contributed by atoms with Crippen molar-refractivity contribution in [1.82, 2.24) is 4.90 Å². The number of nitrogens with zero attached hydrogens (tertiary/aromatic N) is 1. The van der Waals surface area contributed by atoms with E-state index in [0.29, 0.717) is 18.7 Å². The normalized spacial score (nSPS) is 12.3. The lowest BCUT2D eigenvalue weighted by Crippen LogP contribution is -2.40. The highest BCUT2D eigenvalue weighted by Gasteiger charge is 2.30. The minimum Gasteiger partial charge on any atom is -0.398 e. The summed E-state index contributed by atoms with van der Waals surface area (Å²) in [7, 11) is 2.57. The van der Waals surface area contributed by atoms with E-state index in [4.69, 9.17) is 17.7 Å². The van der Waals surface area contributed by atoms with Gasteiger partial charge in [-0.25, -0.2) is 0 Å². The number of rotatable bonds is 13. The van der Waals surface area contributed by atoms with Gasteiger partial charge in [-0.1, -0.05) is 6.58 Å². The zero-order valence-electron chi connectivity index (χ0n) is 16.4. The summed E-state index contributed by atoms with van der Waals surface area (Å²) >= 11 is 0. The molecule has 0 aliphatic carbocycles. The minimum atomic E-state index is -2.09. The van der Waals surface area contributed by atoms with E-state index in [-0.39, 0.29) is 5.91 Å². The predicted octanol–water partition coefficient (Wildman–Crippen LogP) is 2.90. The van der Waals surface area contributed by atoms with Crippen molar-refractivity contribution in [2.75, 3.05) is 41.5 Å². The minimum absolute atomic E-state index is 0.00593. The zero-order chi connectivity index (χ0) is 18.8. The quantitative estimate of drug-likeness (QED) is 0.365. The van der Waals surface area contributed by atoms with Crippen LogP contribution in [0.3, 0.4) is 0 Å². The molecule has 0 aromatic heterocycles. The van der Waals surface area contributed by atoms with Crippen LogP contribution in [0, 0.1) is 0 Å². The summed E-state index contributed by atoms with van der Waals surface area (Å²) in [6.07, 6.45) is 1.71. The predicted molar refractivity (Wildman–Crippen MR) is 102 cm³/mol. The number of hydrogen-bond donors (Lipinski definition) is 0. The van der Waals surface area contributed by atoms with Crippen LogP contribution >= 0.6 is 0 Å². The van der Waals surface area contributed by atoms with Crippen LogP contribution in [0.15, 0.2) is 12.2 Å². The van der Waals surface area contributed by atoms with E-state index in [1.54, 1.807) is 35.4 Å². The molecule has 0 atom stereocenters. The van der Waals surface area contributed by atoms with Gasteiger partial charge in [0.25, 0.3) is 0 Å². The van der Waals surface area contributed by atoms with Crippen LogP contribution in [-0.4, -0.2) is 69.5 Å². The molecule has 0 saturated carbocycles. The van der Waals surface area contributed by atoms with E-state index in [2.05, 4.69) is 6.58 Å². The molecule has 0 radical (unpaired) electrons. The SMILES string of the molecule is C=C(C)C(=O)N(CCC[Si](C)(OC)OC)CCC[Si](C)(OC)OC. The molecule has 0 spiro atoms. The van der Waals surface area contributed by atoms with Crippen molar-refractivity contribution in [3.8, 4) is 0 Å². The molecule has 0 unspecified atom stereocenters. The number of carbonyl (C=O) groups is 1. The molecule has 0 aromatic rings. The Morgan fingerprint density at radius 1 is 0.875 bits per heavy atom. The average molecular weight is 378 g/mol. The van der Waals surface area contributed by atoms with E-state index in [9.17, 15) is 4.79 Å². The summed E-state index contributed by atoms with van der Waals surface area (Å²) in [5, 5.41) is 0. The summed E-state index contributed by atoms with van der Waals surface area (Å²) in [4.78, 5) is 14.2. The van der Waals surface area contributed by atoms with Crippen molar-refractivity contribution in [2.45, 2.75) is 44.9 Å². The molecular formula is C16H35NO5Si2. The topological polar surface area (TPSA) is 57.2 Å². The molecule has 0 aliphatic heterocycles. The molecule has 0 saturated heterocycles.